The predicted octanol–water partition coefficient (Wildman–Crippen LogP) is 3.75. The number of hydrogen-bond acceptors (Lipinski definition) is 5. The molecule has 30 heavy (non-hydrogen) atoms. The quantitative estimate of drug-likeness (QED) is 0.641. The molecule has 1 atom stereocenters. The molecule has 1 aromatic carbocycles. The third-order valence-electron chi connectivity index (χ3n) is 5.01. The van der Waals surface area contributed by atoms with Crippen LogP contribution < -0.4 is 4.74 Å². The van der Waals surface area contributed by atoms with Crippen LogP contribution in [0.4, 0.5) is 8.78 Å². The number of halogens is 2. The van der Waals surface area contributed by atoms with Crippen molar-refractivity contribution in [2.24, 2.45) is 5.92 Å². The van der Waals surface area contributed by atoms with Gasteiger partial charge in [0.2, 0.25) is 5.88 Å². The molecule has 8 heteroatoms. The molecule has 0 saturated carbocycles. The van der Waals surface area contributed by atoms with Crippen molar-refractivity contribution < 1.29 is 18.3 Å². The molecule has 1 saturated heterocycles. The van der Waals surface area contributed by atoms with Crippen molar-refractivity contribution in [2.75, 3.05) is 19.7 Å². The average Bonchev–Trinajstić information content (AvgIpc) is 2.79. The number of pyridine rings is 1. The number of piperidine rings is 1. The van der Waals surface area contributed by atoms with Crippen LogP contribution in [0.3, 0.4) is 0 Å². The highest BCUT2D eigenvalue weighted by Gasteiger charge is 2.29. The number of carbonyl (C=O) groups is 1. The van der Waals surface area contributed by atoms with E-state index in [2.05, 4.69) is 15.0 Å². The van der Waals surface area contributed by atoms with Gasteiger partial charge in [-0.25, -0.2) is 23.7 Å². The maximum absolute atomic E-state index is 14.7. The van der Waals surface area contributed by atoms with Crippen LogP contribution in [0, 0.1) is 17.6 Å². The number of carbonyl (C=O) groups excluding carboxylic acids is 1. The summed E-state index contributed by atoms with van der Waals surface area (Å²) in [5, 5.41) is 0. The van der Waals surface area contributed by atoms with E-state index >= 15 is 0 Å². The van der Waals surface area contributed by atoms with Gasteiger partial charge in [0.1, 0.15) is 11.6 Å². The van der Waals surface area contributed by atoms with Crippen LogP contribution in [0.5, 0.6) is 5.88 Å². The number of aromatic nitrogens is 3. The van der Waals surface area contributed by atoms with Crippen molar-refractivity contribution in [3.63, 3.8) is 0 Å². The smallest absolute Gasteiger partial charge is 0.257 e. The minimum absolute atomic E-state index is 0.0227. The predicted molar refractivity (Wildman–Crippen MR) is 106 cm³/mol. The second kappa shape index (κ2) is 8.94. The second-order valence-corrected chi connectivity index (χ2v) is 7.12. The lowest BCUT2D eigenvalue weighted by atomic mass is 9.97. The lowest BCUT2D eigenvalue weighted by Crippen LogP contribution is -2.42. The third kappa shape index (κ3) is 4.42. The molecule has 2 aromatic heterocycles. The van der Waals surface area contributed by atoms with Gasteiger partial charge in [0.15, 0.2) is 5.82 Å². The van der Waals surface area contributed by atoms with E-state index in [1.165, 1.54) is 18.2 Å². The van der Waals surface area contributed by atoms with E-state index in [9.17, 15) is 13.6 Å². The molecule has 1 unspecified atom stereocenters. The van der Waals surface area contributed by atoms with Crippen LogP contribution in [0.15, 0.2) is 55.0 Å². The highest BCUT2D eigenvalue weighted by molar-refractivity contribution is 6.00. The number of rotatable bonds is 5. The first-order valence-corrected chi connectivity index (χ1v) is 9.71. The zero-order valence-electron chi connectivity index (χ0n) is 16.2. The van der Waals surface area contributed by atoms with Gasteiger partial charge in [0.05, 0.1) is 18.4 Å². The summed E-state index contributed by atoms with van der Waals surface area (Å²) in [6.45, 7) is 1.31. The lowest BCUT2D eigenvalue weighted by molar-refractivity contribution is 0.0627. The van der Waals surface area contributed by atoms with Gasteiger partial charge >= 0.3 is 0 Å². The van der Waals surface area contributed by atoms with E-state index in [0.29, 0.717) is 37.0 Å². The maximum Gasteiger partial charge on any atom is 0.257 e. The first kappa shape index (κ1) is 19.9. The molecule has 1 aliphatic heterocycles. The van der Waals surface area contributed by atoms with Gasteiger partial charge < -0.3 is 9.64 Å². The van der Waals surface area contributed by atoms with Crippen LogP contribution in [0.1, 0.15) is 23.2 Å². The maximum atomic E-state index is 14.7. The molecular formula is C22H20F2N4O2. The molecule has 1 aliphatic rings. The largest absolute Gasteiger partial charge is 0.477 e. The van der Waals surface area contributed by atoms with E-state index in [1.807, 2.05) is 0 Å². The summed E-state index contributed by atoms with van der Waals surface area (Å²) < 4.78 is 33.3. The summed E-state index contributed by atoms with van der Waals surface area (Å²) in [4.78, 5) is 27.0. The minimum atomic E-state index is -0.598. The van der Waals surface area contributed by atoms with E-state index in [0.717, 1.165) is 19.0 Å². The first-order chi connectivity index (χ1) is 14.6. The Hall–Kier alpha value is -3.42. The molecule has 1 fully saturated rings. The highest BCUT2D eigenvalue weighted by Crippen LogP contribution is 2.26. The Balaban J connectivity index is 1.49. The van der Waals surface area contributed by atoms with Crippen LogP contribution >= 0.6 is 0 Å². The fourth-order valence-corrected chi connectivity index (χ4v) is 3.56. The summed E-state index contributed by atoms with van der Waals surface area (Å²) in [6, 6.07) is 8.87. The average molecular weight is 410 g/mol. The molecule has 3 heterocycles. The number of benzene rings is 1. The van der Waals surface area contributed by atoms with Crippen LogP contribution in [-0.2, 0) is 0 Å². The van der Waals surface area contributed by atoms with Crippen molar-refractivity contribution in [1.29, 1.82) is 0 Å². The van der Waals surface area contributed by atoms with Gasteiger partial charge in [-0.1, -0.05) is 12.1 Å². The topological polar surface area (TPSA) is 68.2 Å². The van der Waals surface area contributed by atoms with Crippen molar-refractivity contribution in [3.8, 4) is 17.3 Å². The molecule has 6 nitrogen and oxygen atoms in total. The Labute approximate surface area is 172 Å². The minimum Gasteiger partial charge on any atom is -0.477 e. The SMILES string of the molecule is O=C(c1c(F)cccc1-c1ncccn1)N1CCCC(COc2ccc(F)cn2)C1. The fourth-order valence-electron chi connectivity index (χ4n) is 3.56. The summed E-state index contributed by atoms with van der Waals surface area (Å²) in [6.07, 6.45) is 5.86. The zero-order valence-corrected chi connectivity index (χ0v) is 16.2. The molecule has 4 rings (SSSR count). The fraction of sp³-hybridized carbons (Fsp3) is 0.273. The van der Waals surface area contributed by atoms with Crippen LogP contribution in [0.25, 0.3) is 11.4 Å². The van der Waals surface area contributed by atoms with Crippen molar-refractivity contribution >= 4 is 5.91 Å². The molecule has 0 spiro atoms. The van der Waals surface area contributed by atoms with Crippen molar-refractivity contribution in [1.82, 2.24) is 19.9 Å². The summed E-state index contributed by atoms with van der Waals surface area (Å²) in [5.74, 6) is -0.714. The first-order valence-electron chi connectivity index (χ1n) is 9.71. The highest BCUT2D eigenvalue weighted by atomic mass is 19.1. The molecule has 0 aliphatic carbocycles. The Morgan fingerprint density at radius 1 is 1.10 bits per heavy atom. The van der Waals surface area contributed by atoms with E-state index in [-0.39, 0.29) is 17.4 Å². The summed E-state index contributed by atoms with van der Waals surface area (Å²) in [5.41, 5.74) is 0.347. The van der Waals surface area contributed by atoms with E-state index in [1.54, 1.807) is 35.5 Å². The van der Waals surface area contributed by atoms with Crippen molar-refractivity contribution in [2.45, 2.75) is 12.8 Å². The number of amides is 1. The number of likely N-dealkylation sites (tertiary alicyclic amines) is 1. The second-order valence-electron chi connectivity index (χ2n) is 7.12. The zero-order chi connectivity index (χ0) is 20.9. The van der Waals surface area contributed by atoms with Gasteiger partial charge in [-0.05, 0) is 31.0 Å². The number of nitrogens with zero attached hydrogens (tertiary/aromatic N) is 4. The molecule has 1 amide bonds. The van der Waals surface area contributed by atoms with Gasteiger partial charge in [-0.15, -0.1) is 0 Å². The van der Waals surface area contributed by atoms with Gasteiger partial charge in [0, 0.05) is 43.0 Å². The molecule has 154 valence electrons. The Morgan fingerprint density at radius 2 is 1.93 bits per heavy atom. The number of hydrogen-bond donors (Lipinski definition) is 0. The molecule has 3 aromatic rings. The monoisotopic (exact) mass is 410 g/mol. The van der Waals surface area contributed by atoms with Gasteiger partial charge in [0.25, 0.3) is 5.91 Å². The molecule has 0 bridgehead atoms. The normalized spacial score (nSPS) is 16.3. The summed E-state index contributed by atoms with van der Waals surface area (Å²) >= 11 is 0. The van der Waals surface area contributed by atoms with E-state index in [4.69, 9.17) is 4.74 Å². The lowest BCUT2D eigenvalue weighted by Gasteiger charge is -2.33. The Kier molecular flexibility index (Phi) is 5.92. The van der Waals surface area contributed by atoms with Crippen LogP contribution in [-0.4, -0.2) is 45.5 Å². The van der Waals surface area contributed by atoms with Crippen LogP contribution in [0.2, 0.25) is 0 Å². The molecule has 0 radical (unpaired) electrons. The Bertz CT molecular complexity index is 1020. The molecular weight excluding hydrogens is 390 g/mol. The molecule has 0 N–H and O–H groups in total. The van der Waals surface area contributed by atoms with Gasteiger partial charge in [-0.3, -0.25) is 4.79 Å². The summed E-state index contributed by atoms with van der Waals surface area (Å²) in [7, 11) is 0. The van der Waals surface area contributed by atoms with Gasteiger partial charge in [-0.2, -0.15) is 0 Å². The third-order valence-corrected chi connectivity index (χ3v) is 5.01. The Morgan fingerprint density at radius 3 is 2.70 bits per heavy atom. The van der Waals surface area contributed by atoms with E-state index < -0.39 is 11.6 Å². The number of ether oxygens (including phenoxy) is 1. The standard InChI is InChI=1S/C22H20F2N4O2/c23-16-7-8-19(27-12-16)30-14-15-4-2-11-28(13-15)22(29)20-17(5-1-6-18(20)24)21-25-9-3-10-26-21/h1,3,5-10,12,15H,2,4,11,13-14H2. The van der Waals surface area contributed by atoms with Crippen molar-refractivity contribution in [3.05, 3.63) is 72.2 Å².